The maximum Gasteiger partial charge on any atom is 0.230 e. The van der Waals surface area contributed by atoms with Gasteiger partial charge in [-0.05, 0) is 12.5 Å². The highest BCUT2D eigenvalue weighted by Crippen LogP contribution is 2.20. The number of fused-ring (bicyclic) bond motifs is 1. The number of aryl methyl sites for hydroxylation is 1. The van der Waals surface area contributed by atoms with Gasteiger partial charge in [0.1, 0.15) is 0 Å². The molecule has 1 amide bonds. The lowest BCUT2D eigenvalue weighted by Crippen LogP contribution is -2.30. The third kappa shape index (κ3) is 2.09. The van der Waals surface area contributed by atoms with Crippen molar-refractivity contribution in [2.75, 3.05) is 5.32 Å². The van der Waals surface area contributed by atoms with E-state index in [0.717, 1.165) is 25.1 Å². The minimum atomic E-state index is -0.0296. The Morgan fingerprint density at radius 1 is 1.39 bits per heavy atom. The van der Waals surface area contributed by atoms with Crippen molar-refractivity contribution in [2.45, 2.75) is 19.4 Å². The summed E-state index contributed by atoms with van der Waals surface area (Å²) in [6.07, 6.45) is 8.39. The molecule has 1 atom stereocenters. The number of imidazole rings is 1. The van der Waals surface area contributed by atoms with E-state index in [0.29, 0.717) is 5.95 Å². The first-order chi connectivity index (χ1) is 8.83. The standard InChI is InChI=1S/C12H13N5O/c18-11(16-12-14-3-1-4-15-12)9-2-5-17-8-13-7-10(17)6-9/h1,3-4,7-9H,2,5-6H2,(H,14,15,16,18). The zero-order valence-electron chi connectivity index (χ0n) is 9.78. The van der Waals surface area contributed by atoms with Crippen molar-refractivity contribution in [3.05, 3.63) is 36.7 Å². The van der Waals surface area contributed by atoms with Crippen LogP contribution in [-0.2, 0) is 17.8 Å². The Hall–Kier alpha value is -2.24. The normalized spacial score (nSPS) is 18.1. The van der Waals surface area contributed by atoms with Gasteiger partial charge in [0.25, 0.3) is 0 Å². The number of rotatable bonds is 2. The van der Waals surface area contributed by atoms with E-state index in [4.69, 9.17) is 0 Å². The maximum absolute atomic E-state index is 12.1. The first-order valence-electron chi connectivity index (χ1n) is 5.90. The quantitative estimate of drug-likeness (QED) is 0.849. The zero-order chi connectivity index (χ0) is 12.4. The highest BCUT2D eigenvalue weighted by molar-refractivity contribution is 5.91. The van der Waals surface area contributed by atoms with E-state index in [1.54, 1.807) is 18.5 Å². The van der Waals surface area contributed by atoms with Crippen molar-refractivity contribution in [3.63, 3.8) is 0 Å². The largest absolute Gasteiger partial charge is 0.335 e. The van der Waals surface area contributed by atoms with Gasteiger partial charge in [0, 0.05) is 43.2 Å². The second-order valence-electron chi connectivity index (χ2n) is 4.33. The van der Waals surface area contributed by atoms with Gasteiger partial charge >= 0.3 is 0 Å². The Labute approximate surface area is 104 Å². The molecule has 92 valence electrons. The summed E-state index contributed by atoms with van der Waals surface area (Å²) in [6.45, 7) is 0.836. The molecular formula is C12H13N5O. The van der Waals surface area contributed by atoms with Crippen molar-refractivity contribution in [3.8, 4) is 0 Å². The summed E-state index contributed by atoms with van der Waals surface area (Å²) in [7, 11) is 0. The van der Waals surface area contributed by atoms with Gasteiger partial charge in [0.05, 0.1) is 6.33 Å². The van der Waals surface area contributed by atoms with Crippen LogP contribution in [0.5, 0.6) is 0 Å². The Kier molecular flexibility index (Phi) is 2.76. The molecule has 1 unspecified atom stereocenters. The summed E-state index contributed by atoms with van der Waals surface area (Å²) < 4.78 is 2.09. The molecule has 3 heterocycles. The monoisotopic (exact) mass is 243 g/mol. The maximum atomic E-state index is 12.1. The van der Waals surface area contributed by atoms with Gasteiger partial charge in [-0.25, -0.2) is 15.0 Å². The fourth-order valence-corrected chi connectivity index (χ4v) is 2.17. The summed E-state index contributed by atoms with van der Waals surface area (Å²) >= 11 is 0. The Balaban J connectivity index is 1.68. The third-order valence-corrected chi connectivity index (χ3v) is 3.14. The lowest BCUT2D eigenvalue weighted by atomic mass is 9.95. The van der Waals surface area contributed by atoms with Gasteiger partial charge in [-0.15, -0.1) is 0 Å². The molecule has 0 spiro atoms. The number of anilines is 1. The molecule has 0 bridgehead atoms. The van der Waals surface area contributed by atoms with E-state index >= 15 is 0 Å². The van der Waals surface area contributed by atoms with Gasteiger partial charge in [0.15, 0.2) is 0 Å². The Morgan fingerprint density at radius 2 is 2.22 bits per heavy atom. The molecule has 2 aromatic heterocycles. The Morgan fingerprint density at radius 3 is 3.06 bits per heavy atom. The van der Waals surface area contributed by atoms with Crippen molar-refractivity contribution in [2.24, 2.45) is 5.92 Å². The Bertz CT molecular complexity index is 551. The SMILES string of the molecule is O=C(Nc1ncccn1)C1CCn2cncc2C1. The number of hydrogen-bond acceptors (Lipinski definition) is 4. The van der Waals surface area contributed by atoms with E-state index in [2.05, 4.69) is 24.8 Å². The number of hydrogen-bond donors (Lipinski definition) is 1. The van der Waals surface area contributed by atoms with Crippen LogP contribution in [-0.4, -0.2) is 25.4 Å². The number of aromatic nitrogens is 4. The lowest BCUT2D eigenvalue weighted by molar-refractivity contribution is -0.120. The molecule has 6 nitrogen and oxygen atoms in total. The van der Waals surface area contributed by atoms with Crippen LogP contribution in [0, 0.1) is 5.92 Å². The van der Waals surface area contributed by atoms with Crippen molar-refractivity contribution >= 4 is 11.9 Å². The molecule has 2 aromatic rings. The molecule has 0 radical (unpaired) electrons. The molecule has 0 saturated heterocycles. The summed E-state index contributed by atoms with van der Waals surface area (Å²) in [5.74, 6) is 0.313. The molecule has 0 aliphatic carbocycles. The van der Waals surface area contributed by atoms with Crippen LogP contribution in [0.15, 0.2) is 31.0 Å². The minimum Gasteiger partial charge on any atom is -0.335 e. The third-order valence-electron chi connectivity index (χ3n) is 3.14. The van der Waals surface area contributed by atoms with E-state index in [9.17, 15) is 4.79 Å². The number of amides is 1. The predicted molar refractivity (Wildman–Crippen MR) is 64.7 cm³/mol. The number of carbonyl (C=O) groups excluding carboxylic acids is 1. The number of nitrogens with zero attached hydrogens (tertiary/aromatic N) is 4. The van der Waals surface area contributed by atoms with E-state index in [1.165, 1.54) is 0 Å². The van der Waals surface area contributed by atoms with E-state index < -0.39 is 0 Å². The van der Waals surface area contributed by atoms with E-state index in [-0.39, 0.29) is 11.8 Å². The molecule has 0 aromatic carbocycles. The first-order valence-corrected chi connectivity index (χ1v) is 5.90. The van der Waals surface area contributed by atoms with Gasteiger partial charge < -0.3 is 4.57 Å². The van der Waals surface area contributed by atoms with Gasteiger partial charge in [-0.1, -0.05) is 0 Å². The lowest BCUT2D eigenvalue weighted by Gasteiger charge is -2.22. The van der Waals surface area contributed by atoms with Gasteiger partial charge in [0.2, 0.25) is 11.9 Å². The van der Waals surface area contributed by atoms with Crippen LogP contribution in [0.1, 0.15) is 12.1 Å². The van der Waals surface area contributed by atoms with Crippen LogP contribution in [0.3, 0.4) is 0 Å². The molecule has 3 rings (SSSR count). The summed E-state index contributed by atoms with van der Waals surface area (Å²) in [5.41, 5.74) is 1.11. The fraction of sp³-hybridized carbons (Fsp3) is 0.333. The molecule has 1 aliphatic heterocycles. The average Bonchev–Trinajstić information content (AvgIpc) is 2.87. The van der Waals surface area contributed by atoms with Crippen LogP contribution >= 0.6 is 0 Å². The van der Waals surface area contributed by atoms with Gasteiger partial charge in [-0.3, -0.25) is 10.1 Å². The van der Waals surface area contributed by atoms with Gasteiger partial charge in [-0.2, -0.15) is 0 Å². The molecule has 0 saturated carbocycles. The number of nitrogens with one attached hydrogen (secondary N) is 1. The molecule has 6 heteroatoms. The second-order valence-corrected chi connectivity index (χ2v) is 4.33. The highest BCUT2D eigenvalue weighted by atomic mass is 16.2. The topological polar surface area (TPSA) is 72.7 Å². The predicted octanol–water partition coefficient (Wildman–Crippen LogP) is 0.874. The minimum absolute atomic E-state index is 0.0198. The molecule has 18 heavy (non-hydrogen) atoms. The second kappa shape index (κ2) is 4.56. The van der Waals surface area contributed by atoms with Crippen LogP contribution in [0.25, 0.3) is 0 Å². The fourth-order valence-electron chi connectivity index (χ4n) is 2.17. The van der Waals surface area contributed by atoms with Crippen molar-refractivity contribution in [1.82, 2.24) is 19.5 Å². The first kappa shape index (κ1) is 10.9. The average molecular weight is 243 g/mol. The zero-order valence-corrected chi connectivity index (χ0v) is 9.78. The van der Waals surface area contributed by atoms with Crippen molar-refractivity contribution in [1.29, 1.82) is 0 Å². The highest BCUT2D eigenvalue weighted by Gasteiger charge is 2.25. The summed E-state index contributed by atoms with van der Waals surface area (Å²) in [4.78, 5) is 24.1. The number of carbonyl (C=O) groups is 1. The molecule has 1 N–H and O–H groups in total. The summed E-state index contributed by atoms with van der Waals surface area (Å²) in [6, 6.07) is 1.72. The summed E-state index contributed by atoms with van der Waals surface area (Å²) in [5, 5.41) is 2.74. The van der Waals surface area contributed by atoms with Crippen LogP contribution in [0.2, 0.25) is 0 Å². The molecular weight excluding hydrogens is 230 g/mol. The van der Waals surface area contributed by atoms with Crippen molar-refractivity contribution < 1.29 is 4.79 Å². The van der Waals surface area contributed by atoms with E-state index in [1.807, 2.05) is 12.5 Å². The van der Waals surface area contributed by atoms with Crippen LogP contribution < -0.4 is 5.32 Å². The smallest absolute Gasteiger partial charge is 0.230 e. The molecule has 0 fully saturated rings. The van der Waals surface area contributed by atoms with Crippen LogP contribution in [0.4, 0.5) is 5.95 Å². The molecule has 1 aliphatic rings.